The summed E-state index contributed by atoms with van der Waals surface area (Å²) in [5, 5.41) is 6.33. The monoisotopic (exact) mass is 297 g/mol. The number of hydrogen-bond donors (Lipinski definition) is 1. The maximum absolute atomic E-state index is 3.61. The Morgan fingerprint density at radius 2 is 1.41 bits per heavy atom. The van der Waals surface area contributed by atoms with Gasteiger partial charge >= 0.3 is 0 Å². The molecule has 1 heteroatoms. The van der Waals surface area contributed by atoms with Gasteiger partial charge in [0.05, 0.1) is 0 Å². The molecule has 0 bridgehead atoms. The lowest BCUT2D eigenvalue weighted by Gasteiger charge is -2.08. The first-order chi connectivity index (χ1) is 10.9. The van der Waals surface area contributed by atoms with Crippen LogP contribution in [-0.4, -0.2) is 6.54 Å². The second kappa shape index (κ2) is 10.4. The summed E-state index contributed by atoms with van der Waals surface area (Å²) in [6, 6.07) is 15.3. The molecule has 0 unspecified atom stereocenters. The van der Waals surface area contributed by atoms with Crippen LogP contribution in [-0.2, 0) is 6.54 Å². The second-order valence-electron chi connectivity index (χ2n) is 6.29. The number of benzene rings is 2. The lowest BCUT2D eigenvalue weighted by atomic mass is 10.0. The van der Waals surface area contributed by atoms with Gasteiger partial charge in [-0.05, 0) is 29.3 Å². The van der Waals surface area contributed by atoms with Crippen LogP contribution in [0.3, 0.4) is 0 Å². The quantitative estimate of drug-likeness (QED) is 0.496. The molecule has 0 fully saturated rings. The summed E-state index contributed by atoms with van der Waals surface area (Å²) in [6.45, 7) is 4.40. The van der Waals surface area contributed by atoms with E-state index in [2.05, 4.69) is 54.7 Å². The summed E-state index contributed by atoms with van der Waals surface area (Å²) in [5.41, 5.74) is 1.41. The Morgan fingerprint density at radius 1 is 0.727 bits per heavy atom. The van der Waals surface area contributed by atoms with E-state index in [0.29, 0.717) is 0 Å². The van der Waals surface area contributed by atoms with E-state index in [4.69, 9.17) is 0 Å². The van der Waals surface area contributed by atoms with E-state index in [9.17, 15) is 0 Å². The van der Waals surface area contributed by atoms with Gasteiger partial charge in [-0.1, -0.05) is 94.3 Å². The average molecular weight is 297 g/mol. The molecule has 1 nitrogen and oxygen atoms in total. The van der Waals surface area contributed by atoms with Crippen molar-refractivity contribution in [2.24, 2.45) is 0 Å². The molecule has 0 aromatic heterocycles. The molecule has 0 atom stereocenters. The lowest BCUT2D eigenvalue weighted by molar-refractivity contribution is 0.555. The van der Waals surface area contributed by atoms with Crippen LogP contribution in [0.5, 0.6) is 0 Å². The number of fused-ring (bicyclic) bond motifs is 1. The molecule has 0 heterocycles. The fourth-order valence-corrected chi connectivity index (χ4v) is 3.05. The molecule has 2 aromatic carbocycles. The van der Waals surface area contributed by atoms with Crippen molar-refractivity contribution in [3.8, 4) is 0 Å². The predicted molar refractivity (Wildman–Crippen MR) is 98.3 cm³/mol. The van der Waals surface area contributed by atoms with Gasteiger partial charge in [-0.15, -0.1) is 0 Å². The fourth-order valence-electron chi connectivity index (χ4n) is 3.05. The smallest absolute Gasteiger partial charge is 0.0211 e. The van der Waals surface area contributed by atoms with Crippen LogP contribution in [0, 0.1) is 0 Å². The van der Waals surface area contributed by atoms with Gasteiger partial charge in [-0.3, -0.25) is 0 Å². The first-order valence-electron chi connectivity index (χ1n) is 9.09. The molecule has 0 saturated heterocycles. The van der Waals surface area contributed by atoms with Gasteiger partial charge in [0, 0.05) is 6.54 Å². The van der Waals surface area contributed by atoms with Crippen molar-refractivity contribution in [1.82, 2.24) is 5.32 Å². The third kappa shape index (κ3) is 5.81. The van der Waals surface area contributed by atoms with Crippen molar-refractivity contribution in [3.63, 3.8) is 0 Å². The summed E-state index contributed by atoms with van der Waals surface area (Å²) in [6.07, 6.45) is 11.1. The highest BCUT2D eigenvalue weighted by molar-refractivity contribution is 5.85. The molecule has 0 spiro atoms. The highest BCUT2D eigenvalue weighted by atomic mass is 14.8. The highest BCUT2D eigenvalue weighted by Crippen LogP contribution is 2.18. The summed E-state index contributed by atoms with van der Waals surface area (Å²) in [7, 11) is 0. The molecule has 0 saturated carbocycles. The van der Waals surface area contributed by atoms with Gasteiger partial charge in [-0.2, -0.15) is 0 Å². The van der Waals surface area contributed by atoms with Gasteiger partial charge in [0.25, 0.3) is 0 Å². The summed E-state index contributed by atoms with van der Waals surface area (Å²) < 4.78 is 0. The molecule has 2 rings (SSSR count). The van der Waals surface area contributed by atoms with Crippen molar-refractivity contribution in [3.05, 3.63) is 48.0 Å². The third-order valence-corrected chi connectivity index (χ3v) is 4.40. The Labute approximate surface area is 136 Å². The van der Waals surface area contributed by atoms with Crippen LogP contribution in [0.15, 0.2) is 42.5 Å². The van der Waals surface area contributed by atoms with Crippen molar-refractivity contribution in [2.75, 3.05) is 6.54 Å². The molecule has 0 amide bonds. The maximum Gasteiger partial charge on any atom is 0.0211 e. The average Bonchev–Trinajstić information content (AvgIpc) is 2.56. The Hall–Kier alpha value is -1.34. The van der Waals surface area contributed by atoms with Crippen LogP contribution < -0.4 is 5.32 Å². The van der Waals surface area contributed by atoms with Crippen LogP contribution >= 0.6 is 0 Å². The van der Waals surface area contributed by atoms with Crippen LogP contribution in [0.25, 0.3) is 10.8 Å². The van der Waals surface area contributed by atoms with E-state index in [1.165, 1.54) is 67.7 Å². The van der Waals surface area contributed by atoms with E-state index in [-0.39, 0.29) is 0 Å². The second-order valence-corrected chi connectivity index (χ2v) is 6.29. The van der Waals surface area contributed by atoms with Crippen LogP contribution in [0.2, 0.25) is 0 Å². The Kier molecular flexibility index (Phi) is 8.04. The van der Waals surface area contributed by atoms with E-state index in [1.54, 1.807) is 0 Å². The Bertz CT molecular complexity index is 527. The molecule has 0 radical (unpaired) electrons. The number of nitrogens with one attached hydrogen (secondary N) is 1. The zero-order valence-corrected chi connectivity index (χ0v) is 14.1. The Balaban J connectivity index is 1.59. The largest absolute Gasteiger partial charge is 0.313 e. The zero-order valence-electron chi connectivity index (χ0n) is 14.1. The minimum Gasteiger partial charge on any atom is -0.313 e. The molecule has 22 heavy (non-hydrogen) atoms. The highest BCUT2D eigenvalue weighted by Gasteiger charge is 1.99. The molecule has 2 aromatic rings. The molecular weight excluding hydrogens is 266 g/mol. The first kappa shape index (κ1) is 17.0. The van der Waals surface area contributed by atoms with Crippen LogP contribution in [0.4, 0.5) is 0 Å². The molecule has 0 aliphatic heterocycles. The van der Waals surface area contributed by atoms with Crippen molar-refractivity contribution in [2.45, 2.75) is 64.8 Å². The molecule has 1 N–H and O–H groups in total. The van der Waals surface area contributed by atoms with Crippen molar-refractivity contribution in [1.29, 1.82) is 0 Å². The van der Waals surface area contributed by atoms with Crippen LogP contribution in [0.1, 0.15) is 63.9 Å². The molecule has 0 aliphatic rings. The zero-order chi connectivity index (χ0) is 15.5. The number of unbranched alkanes of at least 4 members (excludes halogenated alkanes) is 7. The van der Waals surface area contributed by atoms with Gasteiger partial charge in [0.15, 0.2) is 0 Å². The molecule has 0 aliphatic carbocycles. The predicted octanol–water partition coefficient (Wildman–Crippen LogP) is 6.07. The Morgan fingerprint density at radius 3 is 2.23 bits per heavy atom. The standard InChI is InChI=1S/C21H31N/c1-2-3-4-5-6-7-8-11-17-22-18-20-15-12-14-19-13-9-10-16-21(19)20/h9-10,12-16,22H,2-8,11,17-18H2,1H3. The van der Waals surface area contributed by atoms with E-state index < -0.39 is 0 Å². The van der Waals surface area contributed by atoms with E-state index in [1.807, 2.05) is 0 Å². The number of hydrogen-bond acceptors (Lipinski definition) is 1. The minimum absolute atomic E-state index is 0.984. The van der Waals surface area contributed by atoms with E-state index >= 15 is 0 Å². The van der Waals surface area contributed by atoms with Gasteiger partial charge in [0.1, 0.15) is 0 Å². The SMILES string of the molecule is CCCCCCCCCCNCc1cccc2ccccc12. The summed E-state index contributed by atoms with van der Waals surface area (Å²) in [5.74, 6) is 0. The van der Waals surface area contributed by atoms with Gasteiger partial charge in [0.2, 0.25) is 0 Å². The fraction of sp³-hybridized carbons (Fsp3) is 0.524. The first-order valence-corrected chi connectivity index (χ1v) is 9.09. The summed E-state index contributed by atoms with van der Waals surface area (Å²) in [4.78, 5) is 0. The number of rotatable bonds is 11. The van der Waals surface area contributed by atoms with E-state index in [0.717, 1.165) is 13.1 Å². The topological polar surface area (TPSA) is 12.0 Å². The maximum atomic E-state index is 3.61. The molecular formula is C21H31N. The van der Waals surface area contributed by atoms with Gasteiger partial charge in [-0.25, -0.2) is 0 Å². The van der Waals surface area contributed by atoms with Crippen molar-refractivity contribution >= 4 is 10.8 Å². The molecule has 120 valence electrons. The lowest BCUT2D eigenvalue weighted by Crippen LogP contribution is -2.14. The normalized spacial score (nSPS) is 11.1. The third-order valence-electron chi connectivity index (χ3n) is 4.40. The minimum atomic E-state index is 0.984. The van der Waals surface area contributed by atoms with Crippen molar-refractivity contribution < 1.29 is 0 Å². The van der Waals surface area contributed by atoms with Gasteiger partial charge < -0.3 is 5.32 Å². The summed E-state index contributed by atoms with van der Waals surface area (Å²) >= 11 is 0.